The number of sulfonamides is 1. The first-order valence-electron chi connectivity index (χ1n) is 6.00. The highest BCUT2D eigenvalue weighted by molar-refractivity contribution is 7.89. The van der Waals surface area contributed by atoms with Gasteiger partial charge in [0, 0.05) is 19.0 Å². The predicted octanol–water partition coefficient (Wildman–Crippen LogP) is 0.637. The maximum Gasteiger partial charge on any atom is 0.240 e. The van der Waals surface area contributed by atoms with Gasteiger partial charge in [-0.3, -0.25) is 0 Å². The second-order valence-corrected chi connectivity index (χ2v) is 6.30. The van der Waals surface area contributed by atoms with Gasteiger partial charge in [-0.25, -0.2) is 13.1 Å². The van der Waals surface area contributed by atoms with E-state index >= 15 is 0 Å². The molecular weight excluding hydrogens is 252 g/mol. The van der Waals surface area contributed by atoms with Gasteiger partial charge in [0.15, 0.2) is 0 Å². The summed E-state index contributed by atoms with van der Waals surface area (Å²) in [6.45, 7) is 2.82. The number of nitrogens with one attached hydrogen (secondary N) is 1. The van der Waals surface area contributed by atoms with Crippen molar-refractivity contribution in [2.24, 2.45) is 5.73 Å². The second kappa shape index (κ2) is 5.26. The molecule has 3 N–H and O–H groups in total. The van der Waals surface area contributed by atoms with Crippen LogP contribution in [-0.4, -0.2) is 27.6 Å². The fourth-order valence-electron chi connectivity index (χ4n) is 1.83. The lowest BCUT2D eigenvalue weighted by atomic mass is 10.2. The summed E-state index contributed by atoms with van der Waals surface area (Å²) >= 11 is 0. The Labute approximate surface area is 107 Å². The summed E-state index contributed by atoms with van der Waals surface area (Å²) in [4.78, 5) is 0.288. The van der Waals surface area contributed by atoms with Crippen LogP contribution in [0.15, 0.2) is 23.1 Å². The normalized spacial score (nSPS) is 16.1. The Bertz CT molecular complexity index is 526. The number of rotatable bonds is 5. The van der Waals surface area contributed by atoms with Crippen LogP contribution in [0.1, 0.15) is 18.9 Å². The van der Waals surface area contributed by atoms with E-state index in [0.29, 0.717) is 19.6 Å². The zero-order valence-corrected chi connectivity index (χ0v) is 11.2. The number of nitrogens with two attached hydrogens (primary N) is 1. The molecule has 1 atom stereocenters. The van der Waals surface area contributed by atoms with Gasteiger partial charge in [0.05, 0.1) is 11.5 Å². The average Bonchev–Trinajstić information content (AvgIpc) is 2.74. The van der Waals surface area contributed by atoms with Crippen molar-refractivity contribution in [1.82, 2.24) is 4.72 Å². The van der Waals surface area contributed by atoms with Crippen molar-refractivity contribution in [3.8, 4) is 5.75 Å². The number of ether oxygens (including phenoxy) is 1. The van der Waals surface area contributed by atoms with Crippen molar-refractivity contribution in [2.45, 2.75) is 30.7 Å². The molecule has 6 heteroatoms. The van der Waals surface area contributed by atoms with Gasteiger partial charge >= 0.3 is 0 Å². The van der Waals surface area contributed by atoms with E-state index in [-0.39, 0.29) is 10.9 Å². The summed E-state index contributed by atoms with van der Waals surface area (Å²) in [6.07, 6.45) is 1.38. The van der Waals surface area contributed by atoms with Crippen molar-refractivity contribution >= 4 is 10.0 Å². The third-order valence-corrected chi connectivity index (χ3v) is 4.32. The van der Waals surface area contributed by atoms with E-state index < -0.39 is 10.0 Å². The molecule has 0 saturated carbocycles. The van der Waals surface area contributed by atoms with E-state index in [1.54, 1.807) is 18.2 Å². The summed E-state index contributed by atoms with van der Waals surface area (Å²) in [6, 6.07) is 4.94. The topological polar surface area (TPSA) is 81.4 Å². The Morgan fingerprint density at radius 3 is 3.00 bits per heavy atom. The summed E-state index contributed by atoms with van der Waals surface area (Å²) in [5, 5.41) is 0. The Kier molecular flexibility index (Phi) is 3.89. The van der Waals surface area contributed by atoms with Gasteiger partial charge in [-0.1, -0.05) is 0 Å². The summed E-state index contributed by atoms with van der Waals surface area (Å²) in [7, 11) is -3.44. The quantitative estimate of drug-likeness (QED) is 0.822. The monoisotopic (exact) mass is 270 g/mol. The smallest absolute Gasteiger partial charge is 0.240 e. The molecule has 1 heterocycles. The molecule has 100 valence electrons. The van der Waals surface area contributed by atoms with Crippen molar-refractivity contribution < 1.29 is 13.2 Å². The van der Waals surface area contributed by atoms with Gasteiger partial charge in [0.2, 0.25) is 10.0 Å². The van der Waals surface area contributed by atoms with Crippen LogP contribution in [0, 0.1) is 0 Å². The molecule has 0 amide bonds. The Morgan fingerprint density at radius 2 is 2.28 bits per heavy atom. The summed E-state index contributed by atoms with van der Waals surface area (Å²) < 4.78 is 31.9. The van der Waals surface area contributed by atoms with Crippen molar-refractivity contribution in [3.63, 3.8) is 0 Å². The molecule has 0 spiro atoms. The number of benzene rings is 1. The molecule has 0 radical (unpaired) electrons. The van der Waals surface area contributed by atoms with Crippen LogP contribution in [-0.2, 0) is 16.4 Å². The molecule has 1 aliphatic rings. The molecule has 0 aliphatic carbocycles. The molecule has 0 aromatic heterocycles. The molecule has 0 bridgehead atoms. The van der Waals surface area contributed by atoms with Crippen LogP contribution < -0.4 is 15.2 Å². The maximum atomic E-state index is 12.0. The number of hydrogen-bond donors (Lipinski definition) is 2. The van der Waals surface area contributed by atoms with E-state index in [0.717, 1.165) is 17.7 Å². The third-order valence-electron chi connectivity index (χ3n) is 2.86. The summed E-state index contributed by atoms with van der Waals surface area (Å²) in [5.74, 6) is 0.782. The maximum absolute atomic E-state index is 12.0. The second-order valence-electron chi connectivity index (χ2n) is 4.53. The van der Waals surface area contributed by atoms with Crippen LogP contribution in [0.3, 0.4) is 0 Å². The van der Waals surface area contributed by atoms with Crippen LogP contribution in [0.4, 0.5) is 0 Å². The van der Waals surface area contributed by atoms with Gasteiger partial charge < -0.3 is 10.5 Å². The first-order valence-corrected chi connectivity index (χ1v) is 7.48. The number of fused-ring (bicyclic) bond motifs is 1. The average molecular weight is 270 g/mol. The van der Waals surface area contributed by atoms with Crippen molar-refractivity contribution in [2.75, 3.05) is 13.2 Å². The SMILES string of the molecule is CC(N)CCNS(=O)(=O)c1ccc2c(c1)CCO2. The molecule has 5 nitrogen and oxygen atoms in total. The van der Waals surface area contributed by atoms with Gasteiger partial charge in [0.1, 0.15) is 5.75 Å². The Morgan fingerprint density at radius 1 is 1.50 bits per heavy atom. The molecule has 1 aromatic carbocycles. The molecule has 1 aliphatic heterocycles. The van der Waals surface area contributed by atoms with E-state index in [1.165, 1.54) is 0 Å². The fraction of sp³-hybridized carbons (Fsp3) is 0.500. The Balaban J connectivity index is 2.10. The van der Waals surface area contributed by atoms with Gasteiger partial charge in [-0.05, 0) is 37.1 Å². The third kappa shape index (κ3) is 3.01. The highest BCUT2D eigenvalue weighted by Crippen LogP contribution is 2.27. The van der Waals surface area contributed by atoms with E-state index in [2.05, 4.69) is 4.72 Å². The van der Waals surface area contributed by atoms with Crippen LogP contribution in [0.2, 0.25) is 0 Å². The number of hydrogen-bond acceptors (Lipinski definition) is 4. The lowest BCUT2D eigenvalue weighted by molar-refractivity contribution is 0.356. The largest absolute Gasteiger partial charge is 0.493 e. The lowest BCUT2D eigenvalue weighted by Crippen LogP contribution is -2.29. The molecule has 2 rings (SSSR count). The lowest BCUT2D eigenvalue weighted by Gasteiger charge is -2.09. The standard InChI is InChI=1S/C12H18N2O3S/c1-9(13)4-6-14-18(15,16)11-2-3-12-10(8-11)5-7-17-12/h2-3,8-9,14H,4-7,13H2,1H3. The Hall–Kier alpha value is -1.11. The van der Waals surface area contributed by atoms with Gasteiger partial charge in [-0.2, -0.15) is 0 Å². The molecule has 0 saturated heterocycles. The zero-order valence-electron chi connectivity index (χ0n) is 10.3. The molecule has 1 unspecified atom stereocenters. The fourth-order valence-corrected chi connectivity index (χ4v) is 2.93. The van der Waals surface area contributed by atoms with Gasteiger partial charge in [0.25, 0.3) is 0 Å². The predicted molar refractivity (Wildman–Crippen MR) is 69.1 cm³/mol. The molecule has 1 aromatic rings. The zero-order chi connectivity index (χ0) is 13.2. The minimum atomic E-state index is -3.44. The van der Waals surface area contributed by atoms with E-state index in [9.17, 15) is 8.42 Å². The van der Waals surface area contributed by atoms with Crippen LogP contribution in [0.25, 0.3) is 0 Å². The molecular formula is C12H18N2O3S. The van der Waals surface area contributed by atoms with E-state index in [1.807, 2.05) is 6.92 Å². The van der Waals surface area contributed by atoms with Gasteiger partial charge in [-0.15, -0.1) is 0 Å². The van der Waals surface area contributed by atoms with Crippen LogP contribution in [0.5, 0.6) is 5.75 Å². The first kappa shape index (κ1) is 13.3. The van der Waals surface area contributed by atoms with Crippen LogP contribution >= 0.6 is 0 Å². The molecule has 18 heavy (non-hydrogen) atoms. The highest BCUT2D eigenvalue weighted by Gasteiger charge is 2.18. The van der Waals surface area contributed by atoms with Crippen molar-refractivity contribution in [1.29, 1.82) is 0 Å². The highest BCUT2D eigenvalue weighted by atomic mass is 32.2. The minimum absolute atomic E-state index is 0.0129. The molecule has 0 fully saturated rings. The van der Waals surface area contributed by atoms with E-state index in [4.69, 9.17) is 10.5 Å². The first-order chi connectivity index (χ1) is 8.49. The van der Waals surface area contributed by atoms with Crippen molar-refractivity contribution in [3.05, 3.63) is 23.8 Å². The minimum Gasteiger partial charge on any atom is -0.493 e. The summed E-state index contributed by atoms with van der Waals surface area (Å²) in [5.41, 5.74) is 6.53.